The van der Waals surface area contributed by atoms with E-state index in [1.165, 1.54) is 10.8 Å². The van der Waals surface area contributed by atoms with E-state index in [0.29, 0.717) is 0 Å². The lowest BCUT2D eigenvalue weighted by Gasteiger charge is -2.24. The molecule has 0 aliphatic rings. The Balaban J connectivity index is 1.98. The second kappa shape index (κ2) is 5.24. The van der Waals surface area contributed by atoms with Crippen molar-refractivity contribution in [2.24, 2.45) is 11.1 Å². The molecule has 0 aliphatic carbocycles. The molecular formula is C18H20N2S. The maximum Gasteiger partial charge on any atom is 0.111 e. The topological polar surface area (TPSA) is 38.9 Å². The van der Waals surface area contributed by atoms with Crippen molar-refractivity contribution in [3.63, 3.8) is 0 Å². The summed E-state index contributed by atoms with van der Waals surface area (Å²) in [6, 6.07) is 14.8. The average molecular weight is 296 g/mol. The number of hydrogen-bond acceptors (Lipinski definition) is 3. The molecule has 0 bridgehead atoms. The van der Waals surface area contributed by atoms with Crippen molar-refractivity contribution < 1.29 is 0 Å². The Morgan fingerprint density at radius 1 is 1.05 bits per heavy atom. The Labute approximate surface area is 129 Å². The van der Waals surface area contributed by atoms with Crippen LogP contribution in [-0.2, 0) is 0 Å². The van der Waals surface area contributed by atoms with Crippen molar-refractivity contribution in [1.82, 2.24) is 4.98 Å². The SMILES string of the molecule is CC(C)(C)C(N)c1nc(-c2ccc3ccccc3c2)cs1. The number of hydrogen-bond donors (Lipinski definition) is 1. The number of aromatic nitrogens is 1. The van der Waals surface area contributed by atoms with Gasteiger partial charge in [0, 0.05) is 10.9 Å². The predicted molar refractivity (Wildman–Crippen MR) is 91.4 cm³/mol. The molecule has 2 nitrogen and oxygen atoms in total. The molecule has 3 rings (SSSR count). The molecule has 0 fully saturated rings. The molecule has 3 aromatic rings. The van der Waals surface area contributed by atoms with Crippen LogP contribution in [0.1, 0.15) is 31.8 Å². The van der Waals surface area contributed by atoms with E-state index < -0.39 is 0 Å². The van der Waals surface area contributed by atoms with Crippen LogP contribution >= 0.6 is 11.3 Å². The molecule has 0 saturated heterocycles. The summed E-state index contributed by atoms with van der Waals surface area (Å²) in [6.45, 7) is 6.44. The first kappa shape index (κ1) is 14.2. The van der Waals surface area contributed by atoms with Gasteiger partial charge in [-0.2, -0.15) is 0 Å². The summed E-state index contributed by atoms with van der Waals surface area (Å²) >= 11 is 1.65. The molecule has 0 radical (unpaired) electrons. The average Bonchev–Trinajstić information content (AvgIpc) is 2.94. The molecule has 0 spiro atoms. The first-order valence-electron chi connectivity index (χ1n) is 7.15. The summed E-state index contributed by atoms with van der Waals surface area (Å²) in [4.78, 5) is 4.75. The molecule has 2 aromatic carbocycles. The highest BCUT2D eigenvalue weighted by atomic mass is 32.1. The van der Waals surface area contributed by atoms with E-state index in [2.05, 4.69) is 68.6 Å². The summed E-state index contributed by atoms with van der Waals surface area (Å²) in [5, 5.41) is 5.60. The second-order valence-corrected chi connectivity index (χ2v) is 7.37. The van der Waals surface area contributed by atoms with Crippen molar-refractivity contribution >= 4 is 22.1 Å². The third-order valence-electron chi connectivity index (χ3n) is 3.77. The minimum atomic E-state index is -0.0308. The van der Waals surface area contributed by atoms with Gasteiger partial charge in [0.05, 0.1) is 11.7 Å². The van der Waals surface area contributed by atoms with Gasteiger partial charge in [0.1, 0.15) is 5.01 Å². The summed E-state index contributed by atoms with van der Waals surface area (Å²) in [5.41, 5.74) is 8.49. The zero-order valence-electron chi connectivity index (χ0n) is 12.6. The minimum Gasteiger partial charge on any atom is -0.322 e. The monoisotopic (exact) mass is 296 g/mol. The van der Waals surface area contributed by atoms with E-state index in [-0.39, 0.29) is 11.5 Å². The van der Waals surface area contributed by atoms with Gasteiger partial charge in [-0.05, 0) is 22.3 Å². The van der Waals surface area contributed by atoms with Crippen molar-refractivity contribution in [3.05, 3.63) is 52.9 Å². The minimum absolute atomic E-state index is 0.0263. The quantitative estimate of drug-likeness (QED) is 0.722. The fourth-order valence-corrected chi connectivity index (χ4v) is 3.35. The molecule has 2 N–H and O–H groups in total. The van der Waals surface area contributed by atoms with Gasteiger partial charge in [-0.15, -0.1) is 11.3 Å². The Hall–Kier alpha value is -1.71. The number of benzene rings is 2. The first-order valence-corrected chi connectivity index (χ1v) is 8.03. The number of fused-ring (bicyclic) bond motifs is 1. The Bertz CT molecular complexity index is 768. The van der Waals surface area contributed by atoms with E-state index in [0.717, 1.165) is 16.3 Å². The predicted octanol–water partition coefficient (Wildman–Crippen LogP) is 5.01. The zero-order valence-corrected chi connectivity index (χ0v) is 13.4. The highest BCUT2D eigenvalue weighted by Gasteiger charge is 2.25. The van der Waals surface area contributed by atoms with Crippen molar-refractivity contribution in [2.45, 2.75) is 26.8 Å². The van der Waals surface area contributed by atoms with E-state index in [1.54, 1.807) is 11.3 Å². The fraction of sp³-hybridized carbons (Fsp3) is 0.278. The van der Waals surface area contributed by atoms with Crippen LogP contribution in [0.3, 0.4) is 0 Å². The number of rotatable bonds is 2. The Morgan fingerprint density at radius 2 is 1.76 bits per heavy atom. The van der Waals surface area contributed by atoms with Gasteiger partial charge in [-0.25, -0.2) is 4.98 Å². The molecule has 1 unspecified atom stereocenters. The summed E-state index contributed by atoms with van der Waals surface area (Å²) < 4.78 is 0. The smallest absolute Gasteiger partial charge is 0.111 e. The van der Waals surface area contributed by atoms with E-state index in [1.807, 2.05) is 0 Å². The molecular weight excluding hydrogens is 276 g/mol. The van der Waals surface area contributed by atoms with Gasteiger partial charge in [0.2, 0.25) is 0 Å². The summed E-state index contributed by atoms with van der Waals surface area (Å²) in [6.07, 6.45) is 0. The second-order valence-electron chi connectivity index (χ2n) is 6.48. The maximum atomic E-state index is 6.30. The van der Waals surface area contributed by atoms with Gasteiger partial charge in [-0.3, -0.25) is 0 Å². The molecule has 1 atom stereocenters. The molecule has 1 aromatic heterocycles. The highest BCUT2D eigenvalue weighted by Crippen LogP contribution is 2.34. The maximum absolute atomic E-state index is 6.30. The zero-order chi connectivity index (χ0) is 15.0. The number of nitrogens with two attached hydrogens (primary N) is 1. The highest BCUT2D eigenvalue weighted by molar-refractivity contribution is 7.10. The molecule has 0 aliphatic heterocycles. The van der Waals surface area contributed by atoms with Gasteiger partial charge >= 0.3 is 0 Å². The Morgan fingerprint density at radius 3 is 2.48 bits per heavy atom. The molecule has 3 heteroatoms. The lowest BCUT2D eigenvalue weighted by atomic mass is 9.88. The summed E-state index contributed by atoms with van der Waals surface area (Å²) in [5.74, 6) is 0. The third-order valence-corrected chi connectivity index (χ3v) is 4.69. The van der Waals surface area contributed by atoms with Crippen LogP contribution in [0.25, 0.3) is 22.0 Å². The lowest BCUT2D eigenvalue weighted by molar-refractivity contribution is 0.326. The first-order chi connectivity index (χ1) is 9.95. The van der Waals surface area contributed by atoms with E-state index >= 15 is 0 Å². The fourth-order valence-electron chi connectivity index (χ4n) is 2.28. The lowest BCUT2D eigenvalue weighted by Crippen LogP contribution is -2.26. The van der Waals surface area contributed by atoms with E-state index in [4.69, 9.17) is 10.7 Å². The van der Waals surface area contributed by atoms with Crippen LogP contribution in [0.5, 0.6) is 0 Å². The van der Waals surface area contributed by atoms with Crippen molar-refractivity contribution in [1.29, 1.82) is 0 Å². The van der Waals surface area contributed by atoms with Crippen LogP contribution in [0.4, 0.5) is 0 Å². The van der Waals surface area contributed by atoms with Gasteiger partial charge < -0.3 is 5.73 Å². The molecule has 21 heavy (non-hydrogen) atoms. The standard InChI is InChI=1S/C18H20N2S/c1-18(2,3)16(19)17-20-15(11-21-17)14-9-8-12-6-4-5-7-13(12)10-14/h4-11,16H,19H2,1-3H3. The van der Waals surface area contributed by atoms with Gasteiger partial charge in [0.25, 0.3) is 0 Å². The van der Waals surface area contributed by atoms with Gasteiger partial charge in [-0.1, -0.05) is 57.2 Å². The van der Waals surface area contributed by atoms with Crippen molar-refractivity contribution in [3.8, 4) is 11.3 Å². The molecule has 0 saturated carbocycles. The van der Waals surface area contributed by atoms with Crippen LogP contribution < -0.4 is 5.73 Å². The van der Waals surface area contributed by atoms with Crippen LogP contribution in [0.2, 0.25) is 0 Å². The largest absolute Gasteiger partial charge is 0.322 e. The molecule has 108 valence electrons. The Kier molecular flexibility index (Phi) is 3.56. The van der Waals surface area contributed by atoms with Crippen LogP contribution in [0.15, 0.2) is 47.8 Å². The van der Waals surface area contributed by atoms with Gasteiger partial charge in [0.15, 0.2) is 0 Å². The molecule has 0 amide bonds. The summed E-state index contributed by atoms with van der Waals surface area (Å²) in [7, 11) is 0. The van der Waals surface area contributed by atoms with Crippen LogP contribution in [-0.4, -0.2) is 4.98 Å². The number of nitrogens with zero attached hydrogens (tertiary/aromatic N) is 1. The number of thiazole rings is 1. The van der Waals surface area contributed by atoms with Crippen LogP contribution in [0, 0.1) is 5.41 Å². The normalized spacial score (nSPS) is 13.5. The van der Waals surface area contributed by atoms with E-state index in [9.17, 15) is 0 Å². The third kappa shape index (κ3) is 2.85. The molecule has 1 heterocycles. The van der Waals surface area contributed by atoms with Crippen molar-refractivity contribution in [2.75, 3.05) is 0 Å².